The minimum atomic E-state index is -0.524. The van der Waals surface area contributed by atoms with E-state index in [1.165, 1.54) is 23.1 Å². The quantitative estimate of drug-likeness (QED) is 0.893. The Morgan fingerprint density at radius 1 is 1.19 bits per heavy atom. The molecule has 1 aliphatic heterocycles. The average molecular weight is 353 g/mol. The van der Waals surface area contributed by atoms with Crippen LogP contribution in [0.4, 0.5) is 10.1 Å². The van der Waals surface area contributed by atoms with E-state index in [0.29, 0.717) is 24.3 Å². The summed E-state index contributed by atoms with van der Waals surface area (Å²) in [5.41, 5.74) is 1.11. The van der Waals surface area contributed by atoms with E-state index in [9.17, 15) is 14.0 Å². The van der Waals surface area contributed by atoms with Crippen LogP contribution in [0.15, 0.2) is 48.5 Å². The van der Waals surface area contributed by atoms with Gasteiger partial charge in [-0.1, -0.05) is 12.1 Å². The Hall–Kier alpha value is -3.40. The van der Waals surface area contributed by atoms with Crippen LogP contribution in [-0.4, -0.2) is 36.4 Å². The highest BCUT2D eigenvalue weighted by molar-refractivity contribution is 5.94. The van der Waals surface area contributed by atoms with E-state index < -0.39 is 5.82 Å². The highest BCUT2D eigenvalue weighted by atomic mass is 19.1. The van der Waals surface area contributed by atoms with Crippen LogP contribution in [0, 0.1) is 23.1 Å². The van der Waals surface area contributed by atoms with Gasteiger partial charge >= 0.3 is 0 Å². The second kappa shape index (κ2) is 7.66. The zero-order valence-electron chi connectivity index (χ0n) is 13.8. The number of hydrogen-bond acceptors (Lipinski definition) is 4. The summed E-state index contributed by atoms with van der Waals surface area (Å²) >= 11 is 0. The number of carbonyl (C=O) groups is 2. The summed E-state index contributed by atoms with van der Waals surface area (Å²) in [6.45, 7) is 0.314. The van der Waals surface area contributed by atoms with Crippen LogP contribution in [-0.2, 0) is 9.59 Å². The van der Waals surface area contributed by atoms with Gasteiger partial charge in [0, 0.05) is 18.8 Å². The second-order valence-electron chi connectivity index (χ2n) is 5.89. The van der Waals surface area contributed by atoms with Crippen molar-refractivity contribution in [1.82, 2.24) is 4.90 Å². The predicted molar refractivity (Wildman–Crippen MR) is 91.8 cm³/mol. The van der Waals surface area contributed by atoms with Gasteiger partial charge in [-0.05, 0) is 36.4 Å². The molecule has 0 saturated carbocycles. The van der Waals surface area contributed by atoms with E-state index in [1.54, 1.807) is 30.3 Å². The Labute approximate surface area is 149 Å². The monoisotopic (exact) mass is 353 g/mol. The zero-order chi connectivity index (χ0) is 18.5. The normalized spacial score (nSPS) is 13.5. The SMILES string of the molecule is N#Cc1ccc(NC(=O)C2CN(C(=O)COc3ccccc3F)C2)cc1. The summed E-state index contributed by atoms with van der Waals surface area (Å²) < 4.78 is 18.6. The molecule has 0 bridgehead atoms. The fraction of sp³-hybridized carbons (Fsp3) is 0.211. The molecule has 1 heterocycles. The third-order valence-corrected chi connectivity index (χ3v) is 4.07. The molecule has 1 fully saturated rings. The number of hydrogen-bond donors (Lipinski definition) is 1. The molecule has 26 heavy (non-hydrogen) atoms. The van der Waals surface area contributed by atoms with Crippen molar-refractivity contribution in [2.24, 2.45) is 5.92 Å². The highest BCUT2D eigenvalue weighted by Gasteiger charge is 2.35. The predicted octanol–water partition coefficient (Wildman–Crippen LogP) is 2.17. The molecule has 1 aliphatic rings. The minimum Gasteiger partial charge on any atom is -0.481 e. The molecule has 2 amide bonds. The molecule has 2 aromatic carbocycles. The first kappa shape index (κ1) is 17.4. The molecule has 0 unspecified atom stereocenters. The highest BCUT2D eigenvalue weighted by Crippen LogP contribution is 2.20. The van der Waals surface area contributed by atoms with Crippen molar-refractivity contribution in [2.45, 2.75) is 0 Å². The Morgan fingerprint density at radius 2 is 1.88 bits per heavy atom. The van der Waals surface area contributed by atoms with Gasteiger partial charge in [-0.3, -0.25) is 9.59 Å². The Morgan fingerprint density at radius 3 is 2.54 bits per heavy atom. The van der Waals surface area contributed by atoms with Crippen LogP contribution in [0.3, 0.4) is 0 Å². The number of ether oxygens (including phenoxy) is 1. The maximum Gasteiger partial charge on any atom is 0.260 e. The number of anilines is 1. The summed E-state index contributed by atoms with van der Waals surface area (Å²) in [5, 5.41) is 11.5. The van der Waals surface area contributed by atoms with E-state index >= 15 is 0 Å². The van der Waals surface area contributed by atoms with Gasteiger partial charge in [0.15, 0.2) is 18.2 Å². The number of carbonyl (C=O) groups excluding carboxylic acids is 2. The third kappa shape index (κ3) is 3.98. The number of halogens is 1. The number of amides is 2. The number of likely N-dealkylation sites (tertiary alicyclic amines) is 1. The van der Waals surface area contributed by atoms with Crippen molar-refractivity contribution in [1.29, 1.82) is 5.26 Å². The maximum absolute atomic E-state index is 13.4. The lowest BCUT2D eigenvalue weighted by molar-refractivity contribution is -0.143. The van der Waals surface area contributed by atoms with E-state index in [0.717, 1.165) is 0 Å². The maximum atomic E-state index is 13.4. The van der Waals surface area contributed by atoms with Gasteiger partial charge < -0.3 is 15.0 Å². The average Bonchev–Trinajstić information content (AvgIpc) is 2.60. The van der Waals surface area contributed by atoms with Gasteiger partial charge in [0.25, 0.3) is 5.91 Å². The molecule has 0 spiro atoms. The number of benzene rings is 2. The van der Waals surface area contributed by atoms with Gasteiger partial charge in [-0.2, -0.15) is 5.26 Å². The lowest BCUT2D eigenvalue weighted by Gasteiger charge is -2.38. The van der Waals surface area contributed by atoms with Crippen molar-refractivity contribution < 1.29 is 18.7 Å². The number of nitriles is 1. The van der Waals surface area contributed by atoms with E-state index in [1.807, 2.05) is 6.07 Å². The van der Waals surface area contributed by atoms with E-state index in [4.69, 9.17) is 10.00 Å². The molecule has 0 aromatic heterocycles. The summed E-state index contributed by atoms with van der Waals surface area (Å²) in [7, 11) is 0. The van der Waals surface area contributed by atoms with Crippen molar-refractivity contribution >= 4 is 17.5 Å². The van der Waals surface area contributed by atoms with Gasteiger partial charge in [-0.25, -0.2) is 4.39 Å². The van der Waals surface area contributed by atoms with Crippen LogP contribution in [0.2, 0.25) is 0 Å². The van der Waals surface area contributed by atoms with Crippen LogP contribution in [0.5, 0.6) is 5.75 Å². The number of nitrogens with one attached hydrogen (secondary N) is 1. The lowest BCUT2D eigenvalue weighted by Crippen LogP contribution is -2.55. The third-order valence-electron chi connectivity index (χ3n) is 4.07. The molecule has 0 atom stereocenters. The van der Waals surface area contributed by atoms with Crippen LogP contribution in [0.1, 0.15) is 5.56 Å². The van der Waals surface area contributed by atoms with Crippen LogP contribution in [0.25, 0.3) is 0 Å². The minimum absolute atomic E-state index is 0.0245. The first-order valence-corrected chi connectivity index (χ1v) is 8.03. The Kier molecular flexibility index (Phi) is 5.13. The molecule has 1 saturated heterocycles. The fourth-order valence-corrected chi connectivity index (χ4v) is 2.51. The molecule has 7 heteroatoms. The van der Waals surface area contributed by atoms with E-state index in [2.05, 4.69) is 5.32 Å². The lowest BCUT2D eigenvalue weighted by atomic mass is 9.99. The second-order valence-corrected chi connectivity index (χ2v) is 5.89. The number of rotatable bonds is 5. The molecule has 0 aliphatic carbocycles. The van der Waals surface area contributed by atoms with Crippen LogP contribution < -0.4 is 10.1 Å². The van der Waals surface area contributed by atoms with Gasteiger partial charge in [0.1, 0.15) is 0 Å². The first-order valence-electron chi connectivity index (χ1n) is 8.03. The standard InChI is InChI=1S/C19H16FN3O3/c20-16-3-1-2-4-17(16)26-12-18(24)23-10-14(11-23)19(25)22-15-7-5-13(9-21)6-8-15/h1-8,14H,10-12H2,(H,22,25). The first-order chi connectivity index (χ1) is 12.6. The summed E-state index contributed by atoms with van der Waals surface area (Å²) in [5.74, 6) is -1.28. The molecular weight excluding hydrogens is 337 g/mol. The molecule has 6 nitrogen and oxygen atoms in total. The molecule has 2 aromatic rings. The van der Waals surface area contributed by atoms with Gasteiger partial charge in [-0.15, -0.1) is 0 Å². The van der Waals surface area contributed by atoms with Crippen molar-refractivity contribution in [3.05, 3.63) is 59.9 Å². The van der Waals surface area contributed by atoms with Gasteiger partial charge in [0.2, 0.25) is 5.91 Å². The molecule has 132 valence electrons. The van der Waals surface area contributed by atoms with Crippen molar-refractivity contribution in [2.75, 3.05) is 25.0 Å². The smallest absolute Gasteiger partial charge is 0.260 e. The Balaban J connectivity index is 1.44. The Bertz CT molecular complexity index is 855. The molecule has 1 N–H and O–H groups in total. The molecule has 3 rings (SSSR count). The summed E-state index contributed by atoms with van der Waals surface area (Å²) in [6.07, 6.45) is 0. The number of nitrogens with zero attached hydrogens (tertiary/aromatic N) is 2. The van der Waals surface area contributed by atoms with Crippen molar-refractivity contribution in [3.63, 3.8) is 0 Å². The summed E-state index contributed by atoms with van der Waals surface area (Å²) in [4.78, 5) is 25.7. The topological polar surface area (TPSA) is 82.4 Å². The number of para-hydroxylation sites is 1. The fourth-order valence-electron chi connectivity index (χ4n) is 2.51. The van der Waals surface area contributed by atoms with Crippen molar-refractivity contribution in [3.8, 4) is 11.8 Å². The molecular formula is C19H16FN3O3. The van der Waals surface area contributed by atoms with Gasteiger partial charge in [0.05, 0.1) is 17.6 Å². The zero-order valence-corrected chi connectivity index (χ0v) is 13.8. The summed E-state index contributed by atoms with van der Waals surface area (Å²) in [6, 6.07) is 14.4. The largest absolute Gasteiger partial charge is 0.481 e. The van der Waals surface area contributed by atoms with Crippen LogP contribution >= 0.6 is 0 Å². The van der Waals surface area contributed by atoms with E-state index in [-0.39, 0.29) is 30.1 Å². The molecule has 0 radical (unpaired) electrons.